The van der Waals surface area contributed by atoms with Gasteiger partial charge in [-0.3, -0.25) is 19.8 Å². The summed E-state index contributed by atoms with van der Waals surface area (Å²) in [4.78, 5) is 26.4. The van der Waals surface area contributed by atoms with Crippen LogP contribution in [-0.2, 0) is 9.59 Å². The van der Waals surface area contributed by atoms with E-state index in [2.05, 4.69) is 5.32 Å². The van der Waals surface area contributed by atoms with Crippen molar-refractivity contribution in [2.75, 3.05) is 4.90 Å². The Hall–Kier alpha value is -3.71. The van der Waals surface area contributed by atoms with E-state index in [-0.39, 0.29) is 10.7 Å². The van der Waals surface area contributed by atoms with Crippen molar-refractivity contribution in [3.8, 4) is 11.5 Å². The average molecular weight is 390 g/mol. The van der Waals surface area contributed by atoms with Gasteiger partial charge in [0.15, 0.2) is 5.11 Å². The van der Waals surface area contributed by atoms with Gasteiger partial charge in [0.05, 0.1) is 18.2 Å². The SMILES string of the molecule is O=C1NC(=S)N(c2ccc(Oc3ccccc3)cc2)C(=O)/C1=C\c1ccoc1. The van der Waals surface area contributed by atoms with Crippen LogP contribution in [0.2, 0.25) is 0 Å². The fourth-order valence-corrected chi connectivity index (χ4v) is 2.98. The second-order valence-corrected chi connectivity index (χ2v) is 6.31. The minimum absolute atomic E-state index is 0.0241. The van der Waals surface area contributed by atoms with Crippen LogP contribution in [0.5, 0.6) is 11.5 Å². The Morgan fingerprint density at radius 3 is 2.36 bits per heavy atom. The van der Waals surface area contributed by atoms with E-state index in [0.717, 1.165) is 0 Å². The first-order chi connectivity index (χ1) is 13.6. The van der Waals surface area contributed by atoms with Crippen LogP contribution in [0, 0.1) is 0 Å². The Bertz CT molecular complexity index is 1060. The van der Waals surface area contributed by atoms with Gasteiger partial charge in [0.2, 0.25) is 0 Å². The Kier molecular flexibility index (Phi) is 4.74. The number of carbonyl (C=O) groups is 2. The number of nitrogens with zero attached hydrogens (tertiary/aromatic N) is 1. The number of para-hydroxylation sites is 1. The van der Waals surface area contributed by atoms with Crippen molar-refractivity contribution in [3.05, 3.63) is 84.3 Å². The standard InChI is InChI=1S/C21H14N2O4S/c24-19-18(12-14-10-11-26-13-14)20(25)23(21(28)22-19)15-6-8-17(9-7-15)27-16-4-2-1-3-5-16/h1-13H,(H,22,24,28)/b18-12-. The number of rotatable bonds is 4. The topological polar surface area (TPSA) is 71.8 Å². The predicted octanol–water partition coefficient (Wildman–Crippen LogP) is 3.90. The molecule has 1 aromatic heterocycles. The first-order valence-electron chi connectivity index (χ1n) is 8.38. The van der Waals surface area contributed by atoms with E-state index in [0.29, 0.717) is 22.7 Å². The van der Waals surface area contributed by atoms with Crippen LogP contribution < -0.4 is 15.0 Å². The third kappa shape index (κ3) is 3.56. The zero-order valence-corrected chi connectivity index (χ0v) is 15.3. The van der Waals surface area contributed by atoms with E-state index < -0.39 is 11.8 Å². The molecule has 2 amide bonds. The highest BCUT2D eigenvalue weighted by molar-refractivity contribution is 7.80. The molecule has 0 spiro atoms. The van der Waals surface area contributed by atoms with Crippen molar-refractivity contribution in [1.29, 1.82) is 0 Å². The molecule has 7 heteroatoms. The zero-order chi connectivity index (χ0) is 19.5. The quantitative estimate of drug-likeness (QED) is 0.416. The fourth-order valence-electron chi connectivity index (χ4n) is 2.70. The van der Waals surface area contributed by atoms with Crippen LogP contribution in [0.15, 0.2) is 83.2 Å². The number of anilines is 1. The lowest BCUT2D eigenvalue weighted by atomic mass is 10.1. The van der Waals surface area contributed by atoms with Crippen LogP contribution in [0.3, 0.4) is 0 Å². The first kappa shape index (κ1) is 17.7. The molecule has 1 saturated heterocycles. The van der Waals surface area contributed by atoms with E-state index in [1.807, 2.05) is 30.3 Å². The lowest BCUT2D eigenvalue weighted by molar-refractivity contribution is -0.122. The Balaban J connectivity index is 1.59. The van der Waals surface area contributed by atoms with E-state index >= 15 is 0 Å². The number of nitrogens with one attached hydrogen (secondary N) is 1. The molecule has 0 atom stereocenters. The molecule has 2 aromatic carbocycles. The number of carbonyl (C=O) groups excluding carboxylic acids is 2. The molecule has 0 radical (unpaired) electrons. The molecule has 2 heterocycles. The monoisotopic (exact) mass is 390 g/mol. The first-order valence-corrected chi connectivity index (χ1v) is 8.79. The van der Waals surface area contributed by atoms with Gasteiger partial charge < -0.3 is 9.15 Å². The highest BCUT2D eigenvalue weighted by Gasteiger charge is 2.34. The highest BCUT2D eigenvalue weighted by Crippen LogP contribution is 2.27. The second kappa shape index (κ2) is 7.50. The minimum Gasteiger partial charge on any atom is -0.472 e. The summed E-state index contributed by atoms with van der Waals surface area (Å²) in [7, 11) is 0. The molecule has 0 aliphatic carbocycles. The molecule has 0 saturated carbocycles. The summed E-state index contributed by atoms with van der Waals surface area (Å²) in [6, 6.07) is 17.9. The van der Waals surface area contributed by atoms with Crippen LogP contribution >= 0.6 is 12.2 Å². The van der Waals surface area contributed by atoms with Gasteiger partial charge in [-0.1, -0.05) is 18.2 Å². The largest absolute Gasteiger partial charge is 0.472 e. The van der Waals surface area contributed by atoms with Gasteiger partial charge in [0.1, 0.15) is 17.1 Å². The van der Waals surface area contributed by atoms with E-state index in [9.17, 15) is 9.59 Å². The zero-order valence-electron chi connectivity index (χ0n) is 14.5. The number of hydrogen-bond acceptors (Lipinski definition) is 5. The van der Waals surface area contributed by atoms with Gasteiger partial charge in [-0.15, -0.1) is 0 Å². The maximum Gasteiger partial charge on any atom is 0.270 e. The molecule has 1 N–H and O–H groups in total. The van der Waals surface area contributed by atoms with Crippen molar-refractivity contribution in [2.45, 2.75) is 0 Å². The molecule has 1 aliphatic heterocycles. The Labute approximate surface area is 166 Å². The number of furan rings is 1. The normalized spacial score (nSPS) is 15.6. The average Bonchev–Trinajstić information content (AvgIpc) is 3.20. The summed E-state index contributed by atoms with van der Waals surface area (Å²) in [6.07, 6.45) is 4.37. The van der Waals surface area contributed by atoms with E-state index in [4.69, 9.17) is 21.4 Å². The van der Waals surface area contributed by atoms with Crippen molar-refractivity contribution in [3.63, 3.8) is 0 Å². The van der Waals surface area contributed by atoms with Crippen molar-refractivity contribution < 1.29 is 18.7 Å². The van der Waals surface area contributed by atoms with Crippen molar-refractivity contribution >= 4 is 40.9 Å². The lowest BCUT2D eigenvalue weighted by Gasteiger charge is -2.28. The van der Waals surface area contributed by atoms with Crippen molar-refractivity contribution in [2.24, 2.45) is 0 Å². The predicted molar refractivity (Wildman–Crippen MR) is 108 cm³/mol. The minimum atomic E-state index is -0.545. The third-order valence-corrected chi connectivity index (χ3v) is 4.31. The van der Waals surface area contributed by atoms with Gasteiger partial charge in [-0.05, 0) is 60.8 Å². The van der Waals surface area contributed by atoms with Gasteiger partial charge >= 0.3 is 0 Å². The van der Waals surface area contributed by atoms with Crippen LogP contribution in [0.4, 0.5) is 5.69 Å². The van der Waals surface area contributed by atoms with Gasteiger partial charge in [-0.25, -0.2) is 0 Å². The molecular weight excluding hydrogens is 376 g/mol. The third-order valence-electron chi connectivity index (χ3n) is 4.03. The highest BCUT2D eigenvalue weighted by atomic mass is 32.1. The number of benzene rings is 2. The molecular formula is C21H14N2O4S. The Morgan fingerprint density at radius 1 is 0.964 bits per heavy atom. The van der Waals surface area contributed by atoms with Crippen molar-refractivity contribution in [1.82, 2.24) is 5.32 Å². The summed E-state index contributed by atoms with van der Waals surface area (Å²) in [6.45, 7) is 0. The molecule has 0 unspecified atom stereocenters. The summed E-state index contributed by atoms with van der Waals surface area (Å²) >= 11 is 5.20. The van der Waals surface area contributed by atoms with Crippen LogP contribution in [-0.4, -0.2) is 16.9 Å². The number of ether oxygens (including phenoxy) is 1. The molecule has 0 bridgehead atoms. The summed E-state index contributed by atoms with van der Waals surface area (Å²) in [5, 5.41) is 2.57. The Morgan fingerprint density at radius 2 is 1.68 bits per heavy atom. The summed E-state index contributed by atoms with van der Waals surface area (Å²) < 4.78 is 10.7. The lowest BCUT2D eigenvalue weighted by Crippen LogP contribution is -2.54. The molecule has 138 valence electrons. The number of amides is 2. The summed E-state index contributed by atoms with van der Waals surface area (Å²) in [5.41, 5.74) is 1.10. The smallest absolute Gasteiger partial charge is 0.270 e. The molecule has 4 rings (SSSR count). The molecule has 1 fully saturated rings. The van der Waals surface area contributed by atoms with Crippen LogP contribution in [0.25, 0.3) is 6.08 Å². The fraction of sp³-hybridized carbons (Fsp3) is 0. The van der Waals surface area contributed by atoms with E-state index in [1.165, 1.54) is 23.5 Å². The van der Waals surface area contributed by atoms with Gasteiger partial charge in [-0.2, -0.15) is 0 Å². The maximum atomic E-state index is 12.9. The molecule has 6 nitrogen and oxygen atoms in total. The number of thiocarbonyl (C=S) groups is 1. The molecule has 3 aromatic rings. The van der Waals surface area contributed by atoms with Crippen LogP contribution in [0.1, 0.15) is 5.56 Å². The summed E-state index contributed by atoms with van der Waals surface area (Å²) in [5.74, 6) is 0.268. The second-order valence-electron chi connectivity index (χ2n) is 5.92. The maximum absolute atomic E-state index is 12.9. The molecule has 28 heavy (non-hydrogen) atoms. The van der Waals surface area contributed by atoms with E-state index in [1.54, 1.807) is 30.3 Å². The molecule has 1 aliphatic rings. The number of hydrogen-bond donors (Lipinski definition) is 1. The van der Waals surface area contributed by atoms with Gasteiger partial charge in [0, 0.05) is 5.56 Å². The van der Waals surface area contributed by atoms with Gasteiger partial charge in [0.25, 0.3) is 11.8 Å².